The van der Waals surface area contributed by atoms with E-state index in [2.05, 4.69) is 23.9 Å². The average molecular weight is 259 g/mol. The molecule has 19 heavy (non-hydrogen) atoms. The Morgan fingerprint density at radius 3 is 2.89 bits per heavy atom. The summed E-state index contributed by atoms with van der Waals surface area (Å²) >= 11 is 0. The molecule has 2 aromatic rings. The molecule has 2 N–H and O–H groups in total. The summed E-state index contributed by atoms with van der Waals surface area (Å²) in [7, 11) is 2.08. The minimum absolute atomic E-state index is 0.527. The van der Waals surface area contributed by atoms with Crippen molar-refractivity contribution in [2.45, 2.75) is 38.6 Å². The second-order valence-electron chi connectivity index (χ2n) is 5.66. The lowest BCUT2D eigenvalue weighted by Gasteiger charge is -2.35. The molecule has 1 saturated carbocycles. The summed E-state index contributed by atoms with van der Waals surface area (Å²) in [5.41, 5.74) is 8.13. The zero-order valence-corrected chi connectivity index (χ0v) is 11.6. The summed E-state index contributed by atoms with van der Waals surface area (Å²) in [6.45, 7) is 2.32. The summed E-state index contributed by atoms with van der Waals surface area (Å²) in [6, 6.07) is 6.84. The first-order valence-corrected chi connectivity index (χ1v) is 7.04. The molecule has 0 spiro atoms. The van der Waals surface area contributed by atoms with Gasteiger partial charge in [-0.05, 0) is 30.9 Å². The molecule has 0 amide bonds. The van der Waals surface area contributed by atoms with E-state index in [0.29, 0.717) is 23.7 Å². The van der Waals surface area contributed by atoms with Gasteiger partial charge in [-0.3, -0.25) is 0 Å². The number of oxazole rings is 1. The summed E-state index contributed by atoms with van der Waals surface area (Å²) in [5, 5.41) is 0. The van der Waals surface area contributed by atoms with Crippen LogP contribution in [0.3, 0.4) is 0 Å². The van der Waals surface area contributed by atoms with Crippen LogP contribution in [0.25, 0.3) is 11.1 Å². The van der Waals surface area contributed by atoms with Crippen LogP contribution in [0.5, 0.6) is 0 Å². The van der Waals surface area contributed by atoms with Gasteiger partial charge in [0, 0.05) is 24.8 Å². The molecule has 1 aromatic carbocycles. The molecule has 4 nitrogen and oxygen atoms in total. The number of nitrogens with zero attached hydrogens (tertiary/aromatic N) is 2. The minimum atomic E-state index is 0.527. The molecule has 0 bridgehead atoms. The van der Waals surface area contributed by atoms with Crippen LogP contribution in [0, 0.1) is 5.92 Å². The van der Waals surface area contributed by atoms with Gasteiger partial charge in [0.05, 0.1) is 0 Å². The van der Waals surface area contributed by atoms with Crippen molar-refractivity contribution in [3.05, 3.63) is 18.2 Å². The maximum Gasteiger partial charge on any atom is 0.298 e. The topological polar surface area (TPSA) is 55.3 Å². The molecule has 1 aromatic heterocycles. The fraction of sp³-hybridized carbons (Fsp3) is 0.533. The Kier molecular flexibility index (Phi) is 3.09. The molecule has 1 aliphatic carbocycles. The molecule has 4 heteroatoms. The van der Waals surface area contributed by atoms with Crippen molar-refractivity contribution in [1.82, 2.24) is 4.98 Å². The van der Waals surface area contributed by atoms with Crippen molar-refractivity contribution in [2.75, 3.05) is 17.7 Å². The van der Waals surface area contributed by atoms with Crippen molar-refractivity contribution in [3.63, 3.8) is 0 Å². The van der Waals surface area contributed by atoms with Crippen LogP contribution in [0.1, 0.15) is 32.6 Å². The van der Waals surface area contributed by atoms with Gasteiger partial charge in [-0.25, -0.2) is 0 Å². The third-order valence-corrected chi connectivity index (χ3v) is 4.27. The van der Waals surface area contributed by atoms with Gasteiger partial charge >= 0.3 is 0 Å². The van der Waals surface area contributed by atoms with Crippen LogP contribution >= 0.6 is 0 Å². The van der Waals surface area contributed by atoms with E-state index in [0.717, 1.165) is 11.1 Å². The van der Waals surface area contributed by atoms with Gasteiger partial charge in [0.15, 0.2) is 5.58 Å². The second kappa shape index (κ2) is 4.76. The number of nitrogens with two attached hydrogens (primary N) is 1. The molecule has 3 rings (SSSR count). The van der Waals surface area contributed by atoms with Crippen LogP contribution in [-0.4, -0.2) is 18.1 Å². The molecule has 1 aliphatic rings. The summed E-state index contributed by atoms with van der Waals surface area (Å²) in [5.74, 6) is 0.693. The minimum Gasteiger partial charge on any atom is -0.423 e. The zero-order valence-electron chi connectivity index (χ0n) is 11.6. The molecule has 2 unspecified atom stereocenters. The van der Waals surface area contributed by atoms with Gasteiger partial charge in [0.1, 0.15) is 5.52 Å². The van der Waals surface area contributed by atoms with E-state index in [1.54, 1.807) is 0 Å². The lowest BCUT2D eigenvalue weighted by Crippen LogP contribution is -2.39. The summed E-state index contributed by atoms with van der Waals surface area (Å²) in [6.07, 6.45) is 5.16. The number of nitrogen functional groups attached to an aromatic ring is 1. The van der Waals surface area contributed by atoms with E-state index in [9.17, 15) is 0 Å². The Hall–Kier alpha value is -1.71. The smallest absolute Gasteiger partial charge is 0.298 e. The number of benzene rings is 1. The van der Waals surface area contributed by atoms with E-state index in [1.807, 2.05) is 18.2 Å². The molecule has 0 radical (unpaired) electrons. The van der Waals surface area contributed by atoms with Gasteiger partial charge in [-0.1, -0.05) is 19.8 Å². The van der Waals surface area contributed by atoms with Gasteiger partial charge < -0.3 is 15.1 Å². The van der Waals surface area contributed by atoms with E-state index < -0.39 is 0 Å². The van der Waals surface area contributed by atoms with Gasteiger partial charge in [-0.15, -0.1) is 0 Å². The van der Waals surface area contributed by atoms with Gasteiger partial charge in [0.25, 0.3) is 6.01 Å². The highest BCUT2D eigenvalue weighted by molar-refractivity contribution is 5.78. The largest absolute Gasteiger partial charge is 0.423 e. The molecule has 0 saturated heterocycles. The fourth-order valence-electron chi connectivity index (χ4n) is 3.09. The van der Waals surface area contributed by atoms with Crippen molar-refractivity contribution in [2.24, 2.45) is 5.92 Å². The fourth-order valence-corrected chi connectivity index (χ4v) is 3.09. The first-order valence-electron chi connectivity index (χ1n) is 7.04. The van der Waals surface area contributed by atoms with Crippen molar-refractivity contribution in [1.29, 1.82) is 0 Å². The summed E-state index contributed by atoms with van der Waals surface area (Å²) < 4.78 is 5.85. The molecular formula is C15H21N3O. The Bertz CT molecular complexity index is 578. The number of anilines is 2. The third-order valence-electron chi connectivity index (χ3n) is 4.27. The van der Waals surface area contributed by atoms with Crippen molar-refractivity contribution >= 4 is 22.8 Å². The summed E-state index contributed by atoms with van der Waals surface area (Å²) in [4.78, 5) is 6.76. The number of aromatic nitrogens is 1. The predicted octanol–water partition coefficient (Wildman–Crippen LogP) is 3.42. The predicted molar refractivity (Wildman–Crippen MR) is 78.2 cm³/mol. The van der Waals surface area contributed by atoms with Crippen LogP contribution in [0.4, 0.5) is 11.7 Å². The first kappa shape index (κ1) is 12.3. The maximum absolute atomic E-state index is 5.85. The Labute approximate surface area is 113 Å². The number of fused-ring (bicyclic) bond motifs is 1. The highest BCUT2D eigenvalue weighted by Gasteiger charge is 2.27. The Morgan fingerprint density at radius 2 is 2.11 bits per heavy atom. The van der Waals surface area contributed by atoms with E-state index in [1.165, 1.54) is 25.7 Å². The number of hydrogen-bond acceptors (Lipinski definition) is 4. The highest BCUT2D eigenvalue weighted by atomic mass is 16.4. The molecule has 0 aliphatic heterocycles. The molecule has 2 atom stereocenters. The third kappa shape index (κ3) is 2.27. The Morgan fingerprint density at radius 1 is 1.32 bits per heavy atom. The zero-order chi connectivity index (χ0) is 13.4. The quantitative estimate of drug-likeness (QED) is 0.839. The molecular weight excluding hydrogens is 238 g/mol. The lowest BCUT2D eigenvalue weighted by atomic mass is 9.85. The van der Waals surface area contributed by atoms with E-state index in [-0.39, 0.29) is 0 Å². The van der Waals surface area contributed by atoms with Crippen LogP contribution in [0.15, 0.2) is 22.6 Å². The Balaban J connectivity index is 1.90. The molecule has 1 heterocycles. The van der Waals surface area contributed by atoms with Crippen LogP contribution in [-0.2, 0) is 0 Å². The SMILES string of the molecule is CC1CCCCC1N(C)c1nc2ccc(N)cc2o1. The van der Waals surface area contributed by atoms with E-state index in [4.69, 9.17) is 10.2 Å². The maximum atomic E-state index is 5.85. The monoisotopic (exact) mass is 259 g/mol. The van der Waals surface area contributed by atoms with E-state index >= 15 is 0 Å². The molecule has 1 fully saturated rings. The highest BCUT2D eigenvalue weighted by Crippen LogP contribution is 2.31. The number of hydrogen-bond donors (Lipinski definition) is 1. The first-order chi connectivity index (χ1) is 9.15. The standard InChI is InChI=1S/C15H21N3O/c1-10-5-3-4-6-13(10)18(2)15-17-12-8-7-11(16)9-14(12)19-15/h7-10,13H,3-6,16H2,1-2H3. The van der Waals surface area contributed by atoms with Crippen LogP contribution < -0.4 is 10.6 Å². The van der Waals surface area contributed by atoms with Crippen molar-refractivity contribution < 1.29 is 4.42 Å². The average Bonchev–Trinajstić information content (AvgIpc) is 2.81. The van der Waals surface area contributed by atoms with Crippen LogP contribution in [0.2, 0.25) is 0 Å². The number of rotatable bonds is 2. The van der Waals surface area contributed by atoms with Gasteiger partial charge in [-0.2, -0.15) is 4.98 Å². The molecule has 102 valence electrons. The second-order valence-corrected chi connectivity index (χ2v) is 5.66. The van der Waals surface area contributed by atoms with Gasteiger partial charge in [0.2, 0.25) is 0 Å². The normalized spacial score (nSPS) is 23.7. The lowest BCUT2D eigenvalue weighted by molar-refractivity contribution is 0.312. The van der Waals surface area contributed by atoms with Crippen molar-refractivity contribution in [3.8, 4) is 0 Å².